The predicted octanol–water partition coefficient (Wildman–Crippen LogP) is 3.08. The summed E-state index contributed by atoms with van der Waals surface area (Å²) in [5, 5.41) is 2.77. The third-order valence-electron chi connectivity index (χ3n) is 2.30. The number of para-hydroxylation sites is 1. The smallest absolute Gasteiger partial charge is 0.405 e. The van der Waals surface area contributed by atoms with Gasteiger partial charge in [0.05, 0.1) is 0 Å². The lowest BCUT2D eigenvalue weighted by atomic mass is 10.1. The molecule has 1 N–H and O–H groups in total. The number of rotatable bonds is 3. The van der Waals surface area contributed by atoms with Gasteiger partial charge in [-0.25, -0.2) is 4.98 Å². The molecule has 0 bridgehead atoms. The number of hydrogen-bond donors (Lipinski definition) is 1. The minimum Gasteiger partial charge on any atom is -0.405 e. The van der Waals surface area contributed by atoms with Gasteiger partial charge in [0.15, 0.2) is 5.82 Å². The zero-order chi connectivity index (χ0) is 13.9. The molecule has 0 amide bonds. The van der Waals surface area contributed by atoms with Gasteiger partial charge in [0.2, 0.25) is 0 Å². The molecule has 1 heterocycles. The highest BCUT2D eigenvalue weighted by Crippen LogP contribution is 2.34. The van der Waals surface area contributed by atoms with Crippen LogP contribution in [0.1, 0.15) is 0 Å². The molecular formula is C12H10F3N3O. The van der Waals surface area contributed by atoms with Gasteiger partial charge in [-0.1, -0.05) is 12.1 Å². The lowest BCUT2D eigenvalue weighted by molar-refractivity contribution is -0.274. The summed E-state index contributed by atoms with van der Waals surface area (Å²) in [4.78, 5) is 8.04. The second-order valence-electron chi connectivity index (χ2n) is 3.55. The Morgan fingerprint density at radius 2 is 1.79 bits per heavy atom. The molecule has 0 spiro atoms. The van der Waals surface area contributed by atoms with Crippen molar-refractivity contribution in [2.75, 3.05) is 12.4 Å². The Hall–Kier alpha value is -2.31. The SMILES string of the molecule is CNc1nccnc1-c1ccccc1OC(F)(F)F. The van der Waals surface area contributed by atoms with E-state index in [-0.39, 0.29) is 11.3 Å². The van der Waals surface area contributed by atoms with Crippen LogP contribution in [0, 0.1) is 0 Å². The largest absolute Gasteiger partial charge is 0.573 e. The Morgan fingerprint density at radius 3 is 2.47 bits per heavy atom. The van der Waals surface area contributed by atoms with E-state index in [0.29, 0.717) is 11.5 Å². The van der Waals surface area contributed by atoms with Gasteiger partial charge in [0.25, 0.3) is 0 Å². The summed E-state index contributed by atoms with van der Waals surface area (Å²) in [6.07, 6.45) is -1.90. The number of aromatic nitrogens is 2. The molecule has 100 valence electrons. The van der Waals surface area contributed by atoms with Gasteiger partial charge < -0.3 is 10.1 Å². The van der Waals surface area contributed by atoms with Crippen molar-refractivity contribution in [1.29, 1.82) is 0 Å². The van der Waals surface area contributed by atoms with E-state index in [1.807, 2.05) is 0 Å². The lowest BCUT2D eigenvalue weighted by Gasteiger charge is -2.14. The monoisotopic (exact) mass is 269 g/mol. The second kappa shape index (κ2) is 5.13. The first-order valence-electron chi connectivity index (χ1n) is 5.35. The van der Waals surface area contributed by atoms with E-state index in [0.717, 1.165) is 0 Å². The number of anilines is 1. The van der Waals surface area contributed by atoms with Gasteiger partial charge >= 0.3 is 6.36 Å². The van der Waals surface area contributed by atoms with Gasteiger partial charge in [-0.05, 0) is 12.1 Å². The molecule has 0 unspecified atom stereocenters. The molecule has 0 radical (unpaired) electrons. The van der Waals surface area contributed by atoms with Crippen molar-refractivity contribution in [2.24, 2.45) is 0 Å². The van der Waals surface area contributed by atoms with Crippen LogP contribution >= 0.6 is 0 Å². The summed E-state index contributed by atoms with van der Waals surface area (Å²) in [5.41, 5.74) is 0.516. The van der Waals surface area contributed by atoms with Crippen LogP contribution in [-0.2, 0) is 0 Å². The summed E-state index contributed by atoms with van der Waals surface area (Å²) in [7, 11) is 1.61. The third kappa shape index (κ3) is 3.12. The van der Waals surface area contributed by atoms with Crippen LogP contribution in [-0.4, -0.2) is 23.4 Å². The summed E-state index contributed by atoms with van der Waals surface area (Å²) in [6, 6.07) is 5.79. The molecule has 0 aliphatic rings. The van der Waals surface area contributed by atoms with Crippen LogP contribution in [0.2, 0.25) is 0 Å². The van der Waals surface area contributed by atoms with Gasteiger partial charge in [0, 0.05) is 25.0 Å². The number of benzene rings is 1. The molecule has 2 rings (SSSR count). The van der Waals surface area contributed by atoms with Gasteiger partial charge in [0.1, 0.15) is 11.4 Å². The van der Waals surface area contributed by atoms with Crippen LogP contribution in [0.25, 0.3) is 11.3 Å². The molecule has 0 saturated carbocycles. The fourth-order valence-corrected chi connectivity index (χ4v) is 1.59. The van der Waals surface area contributed by atoms with Crippen LogP contribution < -0.4 is 10.1 Å². The van der Waals surface area contributed by atoms with E-state index in [9.17, 15) is 13.2 Å². The highest BCUT2D eigenvalue weighted by atomic mass is 19.4. The highest BCUT2D eigenvalue weighted by Gasteiger charge is 2.32. The summed E-state index contributed by atoms with van der Waals surface area (Å²) in [6.45, 7) is 0. The zero-order valence-electron chi connectivity index (χ0n) is 9.90. The van der Waals surface area contributed by atoms with Crippen molar-refractivity contribution in [3.63, 3.8) is 0 Å². The topological polar surface area (TPSA) is 47.0 Å². The fourth-order valence-electron chi connectivity index (χ4n) is 1.59. The zero-order valence-corrected chi connectivity index (χ0v) is 9.90. The molecule has 1 aromatic heterocycles. The minimum atomic E-state index is -4.75. The molecule has 0 saturated heterocycles. The average Bonchev–Trinajstić information content (AvgIpc) is 2.37. The lowest BCUT2D eigenvalue weighted by Crippen LogP contribution is -2.17. The third-order valence-corrected chi connectivity index (χ3v) is 2.30. The van der Waals surface area contributed by atoms with Crippen molar-refractivity contribution in [3.8, 4) is 17.0 Å². The normalized spacial score (nSPS) is 11.2. The van der Waals surface area contributed by atoms with Crippen molar-refractivity contribution < 1.29 is 17.9 Å². The maximum absolute atomic E-state index is 12.3. The van der Waals surface area contributed by atoms with E-state index >= 15 is 0 Å². The predicted molar refractivity (Wildman–Crippen MR) is 63.7 cm³/mol. The number of nitrogens with one attached hydrogen (secondary N) is 1. The first-order valence-corrected chi connectivity index (χ1v) is 5.35. The quantitative estimate of drug-likeness (QED) is 0.930. The first kappa shape index (κ1) is 13.1. The molecular weight excluding hydrogens is 259 g/mol. The summed E-state index contributed by atoms with van der Waals surface area (Å²) in [5.74, 6) is 0.0627. The van der Waals surface area contributed by atoms with E-state index in [2.05, 4.69) is 20.0 Å². The summed E-state index contributed by atoms with van der Waals surface area (Å²) < 4.78 is 41.0. The molecule has 0 atom stereocenters. The average molecular weight is 269 g/mol. The molecule has 0 fully saturated rings. The molecule has 4 nitrogen and oxygen atoms in total. The fraction of sp³-hybridized carbons (Fsp3) is 0.167. The molecule has 7 heteroatoms. The number of alkyl halides is 3. The van der Waals surface area contributed by atoms with Gasteiger partial charge in [-0.2, -0.15) is 0 Å². The number of nitrogens with zero attached hydrogens (tertiary/aromatic N) is 2. The molecule has 0 aliphatic carbocycles. The Balaban J connectivity index is 2.50. The van der Waals surface area contributed by atoms with Crippen molar-refractivity contribution >= 4 is 5.82 Å². The number of hydrogen-bond acceptors (Lipinski definition) is 4. The van der Waals surface area contributed by atoms with Crippen molar-refractivity contribution in [1.82, 2.24) is 9.97 Å². The second-order valence-corrected chi connectivity index (χ2v) is 3.55. The maximum atomic E-state index is 12.3. The Labute approximate surface area is 107 Å². The summed E-state index contributed by atoms with van der Waals surface area (Å²) >= 11 is 0. The van der Waals surface area contributed by atoms with Crippen LogP contribution in [0.3, 0.4) is 0 Å². The molecule has 2 aromatic rings. The molecule has 19 heavy (non-hydrogen) atoms. The van der Waals surface area contributed by atoms with E-state index in [4.69, 9.17) is 0 Å². The molecule has 1 aromatic carbocycles. The Morgan fingerprint density at radius 1 is 1.11 bits per heavy atom. The van der Waals surface area contributed by atoms with Crippen LogP contribution in [0.5, 0.6) is 5.75 Å². The first-order chi connectivity index (χ1) is 9.01. The van der Waals surface area contributed by atoms with E-state index < -0.39 is 6.36 Å². The maximum Gasteiger partial charge on any atom is 0.573 e. The van der Waals surface area contributed by atoms with E-state index in [1.165, 1.54) is 30.6 Å². The Bertz CT molecular complexity index is 572. The minimum absolute atomic E-state index is 0.220. The van der Waals surface area contributed by atoms with Gasteiger partial charge in [-0.3, -0.25) is 4.98 Å². The number of ether oxygens (including phenoxy) is 1. The van der Waals surface area contributed by atoms with Crippen molar-refractivity contribution in [3.05, 3.63) is 36.7 Å². The highest BCUT2D eigenvalue weighted by molar-refractivity contribution is 5.75. The Kier molecular flexibility index (Phi) is 3.55. The standard InChI is InChI=1S/C12H10F3N3O/c1-16-11-10(17-6-7-18-11)8-4-2-3-5-9(8)19-12(13,14)15/h2-7H,1H3,(H,16,18). The molecule has 0 aliphatic heterocycles. The van der Waals surface area contributed by atoms with Crippen molar-refractivity contribution in [2.45, 2.75) is 6.36 Å². The number of halogens is 3. The van der Waals surface area contributed by atoms with E-state index in [1.54, 1.807) is 13.1 Å². The van der Waals surface area contributed by atoms with Crippen LogP contribution in [0.15, 0.2) is 36.7 Å². The van der Waals surface area contributed by atoms with Gasteiger partial charge in [-0.15, -0.1) is 13.2 Å². The van der Waals surface area contributed by atoms with Crippen LogP contribution in [0.4, 0.5) is 19.0 Å².